The Morgan fingerprint density at radius 1 is 1.64 bits per heavy atom. The van der Waals surface area contributed by atoms with E-state index in [-0.39, 0.29) is 0 Å². The van der Waals surface area contributed by atoms with Gasteiger partial charge in [-0.2, -0.15) is 0 Å². The lowest BCUT2D eigenvalue weighted by atomic mass is 10.0. The molecular formula is C10H17N3O. The summed E-state index contributed by atoms with van der Waals surface area (Å²) in [6, 6.07) is 2.23. The quantitative estimate of drug-likeness (QED) is 0.781. The van der Waals surface area contributed by atoms with Crippen LogP contribution in [0.1, 0.15) is 38.0 Å². The number of likely N-dealkylation sites (tertiary alicyclic amines) is 1. The summed E-state index contributed by atoms with van der Waals surface area (Å²) in [6.07, 6.45) is 3.71. The molecule has 0 radical (unpaired) electrons. The fourth-order valence-electron chi connectivity index (χ4n) is 2.15. The van der Waals surface area contributed by atoms with Crippen LogP contribution >= 0.6 is 0 Å². The Labute approximate surface area is 84.0 Å². The summed E-state index contributed by atoms with van der Waals surface area (Å²) < 4.78 is 5.22. The summed E-state index contributed by atoms with van der Waals surface area (Å²) in [5, 5.41) is 3.74. The van der Waals surface area contributed by atoms with Crippen molar-refractivity contribution in [3.8, 4) is 0 Å². The molecule has 0 aliphatic carbocycles. The molecule has 0 saturated carbocycles. The average Bonchev–Trinajstić information content (AvgIpc) is 2.65. The molecule has 78 valence electrons. The second-order valence-corrected chi connectivity index (χ2v) is 3.79. The molecule has 0 amide bonds. The minimum absolute atomic E-state index is 0.388. The monoisotopic (exact) mass is 195 g/mol. The molecule has 0 bridgehead atoms. The maximum atomic E-state index is 5.55. The van der Waals surface area contributed by atoms with Gasteiger partial charge in [-0.25, -0.2) is 0 Å². The highest BCUT2D eigenvalue weighted by atomic mass is 16.5. The van der Waals surface area contributed by atoms with Crippen LogP contribution in [0.2, 0.25) is 0 Å². The molecule has 1 aromatic rings. The summed E-state index contributed by atoms with van der Waals surface area (Å²) in [5.41, 5.74) is 5.55. The van der Waals surface area contributed by atoms with Gasteiger partial charge in [-0.3, -0.25) is 4.90 Å². The molecule has 1 unspecified atom stereocenters. The van der Waals surface area contributed by atoms with Crippen molar-refractivity contribution in [2.75, 3.05) is 18.8 Å². The maximum absolute atomic E-state index is 5.55. The third kappa shape index (κ3) is 1.75. The van der Waals surface area contributed by atoms with E-state index in [1.807, 2.05) is 6.07 Å². The number of hydrogen-bond acceptors (Lipinski definition) is 4. The Morgan fingerprint density at radius 2 is 2.50 bits per heavy atom. The summed E-state index contributed by atoms with van der Waals surface area (Å²) in [4.78, 5) is 2.42. The van der Waals surface area contributed by atoms with Crippen LogP contribution in [-0.2, 0) is 0 Å². The number of nitrogen functional groups attached to an aromatic ring is 1. The first kappa shape index (κ1) is 9.52. The van der Waals surface area contributed by atoms with Crippen molar-refractivity contribution in [3.63, 3.8) is 0 Å². The molecule has 4 nitrogen and oxygen atoms in total. The molecule has 1 fully saturated rings. The Bertz CT molecular complexity index is 297. The van der Waals surface area contributed by atoms with Gasteiger partial charge >= 0.3 is 0 Å². The second-order valence-electron chi connectivity index (χ2n) is 3.79. The number of piperidine rings is 1. The van der Waals surface area contributed by atoms with Gasteiger partial charge in [-0.05, 0) is 25.9 Å². The molecule has 14 heavy (non-hydrogen) atoms. The minimum Gasteiger partial charge on any atom is -0.381 e. The fraction of sp³-hybridized carbons (Fsp3) is 0.700. The lowest BCUT2D eigenvalue weighted by Gasteiger charge is -2.32. The van der Waals surface area contributed by atoms with E-state index in [1.54, 1.807) is 0 Å². The molecule has 0 spiro atoms. The largest absolute Gasteiger partial charge is 0.381 e. The Morgan fingerprint density at radius 3 is 3.14 bits per heavy atom. The van der Waals surface area contributed by atoms with Crippen LogP contribution in [-0.4, -0.2) is 23.1 Å². The molecule has 1 atom stereocenters. The smallest absolute Gasteiger partial charge is 0.167 e. The van der Waals surface area contributed by atoms with Crippen molar-refractivity contribution in [2.45, 2.75) is 32.2 Å². The van der Waals surface area contributed by atoms with Gasteiger partial charge in [-0.1, -0.05) is 18.5 Å². The number of hydrogen-bond donors (Lipinski definition) is 1. The van der Waals surface area contributed by atoms with E-state index in [4.69, 9.17) is 10.3 Å². The van der Waals surface area contributed by atoms with Crippen LogP contribution in [0, 0.1) is 0 Å². The zero-order valence-corrected chi connectivity index (χ0v) is 8.57. The van der Waals surface area contributed by atoms with Gasteiger partial charge < -0.3 is 10.3 Å². The molecule has 1 aromatic heterocycles. The van der Waals surface area contributed by atoms with Gasteiger partial charge in [0.2, 0.25) is 0 Å². The SMILES string of the molecule is CCN1CCCCC1c1cc(N)no1. The Balaban J connectivity index is 2.14. The first-order valence-electron chi connectivity index (χ1n) is 5.27. The van der Waals surface area contributed by atoms with Crippen LogP contribution in [0.5, 0.6) is 0 Å². The van der Waals surface area contributed by atoms with Crippen LogP contribution in [0.15, 0.2) is 10.6 Å². The summed E-state index contributed by atoms with van der Waals surface area (Å²) in [7, 11) is 0. The van der Waals surface area contributed by atoms with Crippen molar-refractivity contribution in [1.29, 1.82) is 0 Å². The molecule has 4 heteroatoms. The van der Waals surface area contributed by atoms with Gasteiger partial charge in [-0.15, -0.1) is 0 Å². The highest BCUT2D eigenvalue weighted by Crippen LogP contribution is 2.31. The highest BCUT2D eigenvalue weighted by molar-refractivity contribution is 5.28. The zero-order chi connectivity index (χ0) is 9.97. The standard InChI is InChI=1S/C10H17N3O/c1-2-13-6-4-3-5-8(13)9-7-10(11)12-14-9/h7-8H,2-6H2,1H3,(H2,11,12). The number of nitrogens with two attached hydrogens (primary N) is 1. The van der Waals surface area contributed by atoms with Crippen molar-refractivity contribution < 1.29 is 4.52 Å². The van der Waals surface area contributed by atoms with E-state index in [0.717, 1.165) is 25.3 Å². The third-order valence-electron chi connectivity index (χ3n) is 2.89. The Kier molecular flexibility index (Phi) is 2.72. The first-order chi connectivity index (χ1) is 6.81. The molecule has 2 N–H and O–H groups in total. The minimum atomic E-state index is 0.388. The van der Waals surface area contributed by atoms with Gasteiger partial charge in [0.05, 0.1) is 6.04 Å². The van der Waals surface area contributed by atoms with Crippen molar-refractivity contribution >= 4 is 5.82 Å². The molecule has 2 heterocycles. The van der Waals surface area contributed by atoms with Gasteiger partial charge in [0, 0.05) is 6.07 Å². The fourth-order valence-corrected chi connectivity index (χ4v) is 2.15. The van der Waals surface area contributed by atoms with E-state index in [9.17, 15) is 0 Å². The topological polar surface area (TPSA) is 55.3 Å². The number of anilines is 1. The predicted molar refractivity (Wildman–Crippen MR) is 54.8 cm³/mol. The summed E-state index contributed by atoms with van der Waals surface area (Å²) in [5.74, 6) is 1.41. The number of rotatable bonds is 2. The molecular weight excluding hydrogens is 178 g/mol. The van der Waals surface area contributed by atoms with Gasteiger partial charge in [0.25, 0.3) is 0 Å². The van der Waals surface area contributed by atoms with Crippen LogP contribution in [0.25, 0.3) is 0 Å². The highest BCUT2D eigenvalue weighted by Gasteiger charge is 2.25. The van der Waals surface area contributed by atoms with Gasteiger partial charge in [0.15, 0.2) is 11.6 Å². The van der Waals surface area contributed by atoms with Crippen molar-refractivity contribution in [2.24, 2.45) is 0 Å². The normalized spacial score (nSPS) is 23.9. The van der Waals surface area contributed by atoms with Crippen LogP contribution in [0.4, 0.5) is 5.82 Å². The number of nitrogens with zero attached hydrogens (tertiary/aromatic N) is 2. The van der Waals surface area contributed by atoms with E-state index in [0.29, 0.717) is 11.9 Å². The lowest BCUT2D eigenvalue weighted by molar-refractivity contribution is 0.130. The van der Waals surface area contributed by atoms with E-state index in [2.05, 4.69) is 17.0 Å². The van der Waals surface area contributed by atoms with Crippen LogP contribution < -0.4 is 5.73 Å². The first-order valence-corrected chi connectivity index (χ1v) is 5.27. The van der Waals surface area contributed by atoms with E-state index in [1.165, 1.54) is 12.8 Å². The second kappa shape index (κ2) is 4.00. The molecule has 1 saturated heterocycles. The van der Waals surface area contributed by atoms with E-state index >= 15 is 0 Å². The average molecular weight is 195 g/mol. The molecule has 1 aliphatic rings. The summed E-state index contributed by atoms with van der Waals surface area (Å²) >= 11 is 0. The third-order valence-corrected chi connectivity index (χ3v) is 2.89. The number of aromatic nitrogens is 1. The predicted octanol–water partition coefficient (Wildman–Crippen LogP) is 1.80. The Hall–Kier alpha value is -1.03. The zero-order valence-electron chi connectivity index (χ0n) is 8.57. The maximum Gasteiger partial charge on any atom is 0.167 e. The lowest BCUT2D eigenvalue weighted by Crippen LogP contribution is -2.32. The van der Waals surface area contributed by atoms with Crippen LogP contribution in [0.3, 0.4) is 0 Å². The van der Waals surface area contributed by atoms with Crippen molar-refractivity contribution in [1.82, 2.24) is 10.1 Å². The molecule has 0 aromatic carbocycles. The van der Waals surface area contributed by atoms with Gasteiger partial charge in [0.1, 0.15) is 0 Å². The van der Waals surface area contributed by atoms with Crippen molar-refractivity contribution in [3.05, 3.63) is 11.8 Å². The summed E-state index contributed by atoms with van der Waals surface area (Å²) in [6.45, 7) is 4.39. The molecule has 2 rings (SSSR count). The van der Waals surface area contributed by atoms with E-state index < -0.39 is 0 Å². The molecule has 1 aliphatic heterocycles.